The summed E-state index contributed by atoms with van der Waals surface area (Å²) in [6.07, 6.45) is 7.92. The molecule has 1 unspecified atom stereocenters. The monoisotopic (exact) mass is 275 g/mol. The lowest BCUT2D eigenvalue weighted by Gasteiger charge is -2.22. The summed E-state index contributed by atoms with van der Waals surface area (Å²) in [6.45, 7) is 6.99. The molecule has 0 radical (unpaired) electrons. The molecule has 1 atom stereocenters. The van der Waals surface area contributed by atoms with E-state index in [1.165, 1.54) is 6.42 Å². The highest BCUT2D eigenvalue weighted by Crippen LogP contribution is 2.21. The number of hydrogen-bond acceptors (Lipinski definition) is 3. The Labute approximate surface area is 121 Å². The van der Waals surface area contributed by atoms with Gasteiger partial charge in [0.15, 0.2) is 0 Å². The minimum atomic E-state index is 0.139. The Morgan fingerprint density at radius 1 is 1.45 bits per heavy atom. The van der Waals surface area contributed by atoms with Crippen molar-refractivity contribution in [3.63, 3.8) is 0 Å². The van der Waals surface area contributed by atoms with Crippen LogP contribution >= 0.6 is 0 Å². The first-order chi connectivity index (χ1) is 9.72. The second kappa shape index (κ2) is 7.27. The van der Waals surface area contributed by atoms with E-state index in [0.29, 0.717) is 0 Å². The van der Waals surface area contributed by atoms with Crippen LogP contribution < -0.4 is 5.32 Å². The van der Waals surface area contributed by atoms with E-state index in [2.05, 4.69) is 24.1 Å². The summed E-state index contributed by atoms with van der Waals surface area (Å²) in [4.78, 5) is 18.8. The van der Waals surface area contributed by atoms with Crippen LogP contribution in [0.5, 0.6) is 0 Å². The van der Waals surface area contributed by atoms with Crippen molar-refractivity contribution in [1.29, 1.82) is 0 Å². The van der Waals surface area contributed by atoms with Crippen molar-refractivity contribution >= 4 is 11.6 Å². The smallest absolute Gasteiger partial charge is 0.256 e. The highest BCUT2D eigenvalue weighted by Gasteiger charge is 2.21. The van der Waals surface area contributed by atoms with E-state index in [1.54, 1.807) is 12.4 Å². The molecule has 1 saturated heterocycles. The van der Waals surface area contributed by atoms with E-state index in [9.17, 15) is 4.79 Å². The van der Waals surface area contributed by atoms with Crippen LogP contribution in [0.4, 0.5) is 5.69 Å². The second-order valence-electron chi connectivity index (χ2n) is 5.68. The van der Waals surface area contributed by atoms with Crippen molar-refractivity contribution in [2.24, 2.45) is 5.92 Å². The van der Waals surface area contributed by atoms with Gasteiger partial charge in [-0.1, -0.05) is 13.8 Å². The van der Waals surface area contributed by atoms with Gasteiger partial charge in [0.2, 0.25) is 0 Å². The molecule has 1 amide bonds. The van der Waals surface area contributed by atoms with Gasteiger partial charge in [0.25, 0.3) is 5.91 Å². The molecule has 0 aromatic carbocycles. The molecule has 2 rings (SSSR count). The highest BCUT2D eigenvalue weighted by atomic mass is 16.2. The number of amides is 1. The Morgan fingerprint density at radius 3 is 3.10 bits per heavy atom. The molecule has 0 saturated carbocycles. The van der Waals surface area contributed by atoms with E-state index in [-0.39, 0.29) is 5.91 Å². The average Bonchev–Trinajstić information content (AvgIpc) is 2.69. The van der Waals surface area contributed by atoms with E-state index in [0.717, 1.165) is 56.1 Å². The third-order valence-corrected chi connectivity index (χ3v) is 3.92. The van der Waals surface area contributed by atoms with Crippen LogP contribution in [0.3, 0.4) is 0 Å². The van der Waals surface area contributed by atoms with Gasteiger partial charge in [-0.3, -0.25) is 9.78 Å². The van der Waals surface area contributed by atoms with Gasteiger partial charge >= 0.3 is 0 Å². The molecule has 20 heavy (non-hydrogen) atoms. The van der Waals surface area contributed by atoms with Crippen LogP contribution in [0, 0.1) is 5.92 Å². The predicted molar refractivity (Wildman–Crippen MR) is 81.9 cm³/mol. The maximum absolute atomic E-state index is 12.7. The van der Waals surface area contributed by atoms with Gasteiger partial charge in [-0.15, -0.1) is 0 Å². The maximum atomic E-state index is 12.7. The lowest BCUT2D eigenvalue weighted by molar-refractivity contribution is 0.0761. The average molecular weight is 275 g/mol. The molecule has 0 bridgehead atoms. The number of rotatable bonds is 4. The molecular weight excluding hydrogens is 250 g/mol. The van der Waals surface area contributed by atoms with E-state index >= 15 is 0 Å². The number of hydrogen-bond donors (Lipinski definition) is 1. The summed E-state index contributed by atoms with van der Waals surface area (Å²) in [5.74, 6) is 0.864. The summed E-state index contributed by atoms with van der Waals surface area (Å²) < 4.78 is 0. The molecule has 1 N–H and O–H groups in total. The lowest BCUT2D eigenvalue weighted by atomic mass is 10.0. The predicted octanol–water partition coefficient (Wildman–Crippen LogP) is 3.17. The molecule has 4 nitrogen and oxygen atoms in total. The van der Waals surface area contributed by atoms with Crippen LogP contribution in [0.15, 0.2) is 18.5 Å². The van der Waals surface area contributed by atoms with E-state index < -0.39 is 0 Å². The first kappa shape index (κ1) is 14.8. The fourth-order valence-electron chi connectivity index (χ4n) is 2.62. The Balaban J connectivity index is 2.11. The molecule has 110 valence electrons. The highest BCUT2D eigenvalue weighted by molar-refractivity contribution is 5.99. The van der Waals surface area contributed by atoms with Crippen molar-refractivity contribution in [2.45, 2.75) is 39.5 Å². The molecule has 0 spiro atoms. The SMILES string of the molecule is CCCNc1cnccc1C(=O)N1CCCC(C)CC1. The van der Waals surface area contributed by atoms with Crippen LogP contribution in [0.25, 0.3) is 0 Å². The number of nitrogens with one attached hydrogen (secondary N) is 1. The van der Waals surface area contributed by atoms with Crippen LogP contribution in [0.1, 0.15) is 49.9 Å². The molecule has 1 aliphatic rings. The van der Waals surface area contributed by atoms with Crippen molar-refractivity contribution in [3.05, 3.63) is 24.0 Å². The van der Waals surface area contributed by atoms with E-state index in [1.807, 2.05) is 11.0 Å². The molecule has 0 aliphatic carbocycles. The Morgan fingerprint density at radius 2 is 2.30 bits per heavy atom. The standard InChI is InChI=1S/C16H25N3O/c1-3-8-18-15-12-17-9-6-14(15)16(20)19-10-4-5-13(2)7-11-19/h6,9,12-13,18H,3-5,7-8,10-11H2,1-2H3. The number of anilines is 1. The van der Waals surface area contributed by atoms with Crippen molar-refractivity contribution in [1.82, 2.24) is 9.88 Å². The molecule has 1 aromatic rings. The molecule has 1 aromatic heterocycles. The molecular formula is C16H25N3O. The number of pyridine rings is 1. The fraction of sp³-hybridized carbons (Fsp3) is 0.625. The van der Waals surface area contributed by atoms with Crippen molar-refractivity contribution in [2.75, 3.05) is 25.0 Å². The quantitative estimate of drug-likeness (QED) is 0.918. The third-order valence-electron chi connectivity index (χ3n) is 3.92. The largest absolute Gasteiger partial charge is 0.383 e. The minimum Gasteiger partial charge on any atom is -0.383 e. The van der Waals surface area contributed by atoms with Gasteiger partial charge in [0.1, 0.15) is 0 Å². The topological polar surface area (TPSA) is 45.2 Å². The number of carbonyl (C=O) groups excluding carboxylic acids is 1. The van der Waals surface area contributed by atoms with Crippen molar-refractivity contribution in [3.8, 4) is 0 Å². The zero-order valence-electron chi connectivity index (χ0n) is 12.6. The zero-order valence-corrected chi connectivity index (χ0v) is 12.6. The minimum absolute atomic E-state index is 0.139. The fourth-order valence-corrected chi connectivity index (χ4v) is 2.62. The first-order valence-corrected chi connectivity index (χ1v) is 7.69. The molecule has 4 heteroatoms. The second-order valence-corrected chi connectivity index (χ2v) is 5.68. The third kappa shape index (κ3) is 3.71. The van der Waals surface area contributed by atoms with Gasteiger partial charge in [0, 0.05) is 25.8 Å². The van der Waals surface area contributed by atoms with Crippen LogP contribution in [-0.4, -0.2) is 35.4 Å². The van der Waals surface area contributed by atoms with E-state index in [4.69, 9.17) is 0 Å². The molecule has 1 fully saturated rings. The summed E-state index contributed by atoms with van der Waals surface area (Å²) in [6, 6.07) is 1.83. The number of carbonyl (C=O) groups is 1. The number of nitrogens with zero attached hydrogens (tertiary/aromatic N) is 2. The summed E-state index contributed by atoms with van der Waals surface area (Å²) >= 11 is 0. The Hall–Kier alpha value is -1.58. The van der Waals surface area contributed by atoms with Crippen LogP contribution in [0.2, 0.25) is 0 Å². The van der Waals surface area contributed by atoms with Crippen LogP contribution in [-0.2, 0) is 0 Å². The summed E-state index contributed by atoms with van der Waals surface area (Å²) in [7, 11) is 0. The van der Waals surface area contributed by atoms with Gasteiger partial charge < -0.3 is 10.2 Å². The Bertz CT molecular complexity index is 447. The van der Waals surface area contributed by atoms with Gasteiger partial charge in [-0.25, -0.2) is 0 Å². The van der Waals surface area contributed by atoms with Crippen molar-refractivity contribution < 1.29 is 4.79 Å². The molecule has 1 aliphatic heterocycles. The number of likely N-dealkylation sites (tertiary alicyclic amines) is 1. The van der Waals surface area contributed by atoms with Gasteiger partial charge in [0.05, 0.1) is 17.4 Å². The first-order valence-electron chi connectivity index (χ1n) is 7.69. The normalized spacial score (nSPS) is 19.5. The lowest BCUT2D eigenvalue weighted by Crippen LogP contribution is -2.32. The van der Waals surface area contributed by atoms with Gasteiger partial charge in [-0.05, 0) is 37.7 Å². The maximum Gasteiger partial charge on any atom is 0.256 e. The number of aromatic nitrogens is 1. The summed E-state index contributed by atoms with van der Waals surface area (Å²) in [5.41, 5.74) is 1.61. The Kier molecular flexibility index (Phi) is 5.39. The molecule has 2 heterocycles. The zero-order chi connectivity index (χ0) is 14.4. The van der Waals surface area contributed by atoms with Gasteiger partial charge in [-0.2, -0.15) is 0 Å². The summed E-state index contributed by atoms with van der Waals surface area (Å²) in [5, 5.41) is 3.30.